The van der Waals surface area contributed by atoms with Crippen molar-refractivity contribution in [2.75, 3.05) is 6.54 Å². The molecule has 0 bridgehead atoms. The molecule has 4 rings (SSSR count). The van der Waals surface area contributed by atoms with E-state index in [2.05, 4.69) is 15.3 Å². The average Bonchev–Trinajstić information content (AvgIpc) is 2.98. The Balaban J connectivity index is 1.49. The van der Waals surface area contributed by atoms with Gasteiger partial charge in [0, 0.05) is 23.5 Å². The first-order valence-corrected chi connectivity index (χ1v) is 9.72. The van der Waals surface area contributed by atoms with Crippen molar-refractivity contribution in [3.05, 3.63) is 47.9 Å². The summed E-state index contributed by atoms with van der Waals surface area (Å²) < 4.78 is 0. The number of aromatic nitrogens is 2. The molecule has 2 aromatic rings. The topological polar surface area (TPSA) is 112 Å². The molecule has 1 saturated heterocycles. The Labute approximate surface area is 168 Å². The monoisotopic (exact) mass is 394 g/mol. The van der Waals surface area contributed by atoms with Gasteiger partial charge >= 0.3 is 6.03 Å². The Morgan fingerprint density at radius 2 is 1.76 bits per heavy atom. The second kappa shape index (κ2) is 7.71. The van der Waals surface area contributed by atoms with E-state index in [9.17, 15) is 19.5 Å². The van der Waals surface area contributed by atoms with Crippen LogP contribution in [0.5, 0.6) is 0 Å². The fraction of sp³-hybridized carbons (Fsp3) is 0.381. The molecular formula is C21H22N4O4. The molecule has 2 N–H and O–H groups in total. The van der Waals surface area contributed by atoms with Gasteiger partial charge in [0.1, 0.15) is 5.54 Å². The normalized spacial score (nSPS) is 18.2. The minimum absolute atomic E-state index is 0.238. The lowest BCUT2D eigenvalue weighted by Gasteiger charge is -2.30. The lowest BCUT2D eigenvalue weighted by molar-refractivity contribution is -0.132. The minimum Gasteiger partial charge on any atom is -0.390 e. The fourth-order valence-electron chi connectivity index (χ4n) is 4.09. The van der Waals surface area contributed by atoms with Crippen molar-refractivity contribution >= 4 is 17.7 Å². The number of nitrogens with one attached hydrogen (secondary N) is 1. The van der Waals surface area contributed by atoms with Gasteiger partial charge in [-0.2, -0.15) is 0 Å². The van der Waals surface area contributed by atoms with E-state index in [0.717, 1.165) is 29.7 Å². The average molecular weight is 394 g/mol. The molecule has 1 aliphatic carbocycles. The van der Waals surface area contributed by atoms with Crippen molar-refractivity contribution < 1.29 is 19.5 Å². The first-order chi connectivity index (χ1) is 14.0. The van der Waals surface area contributed by atoms with E-state index in [0.29, 0.717) is 29.8 Å². The standard InChI is InChI=1S/C21H22N4O4/c26-13-16-18(23-11-10-22-16)15-6-4-14(5-7-15)17(27)12-25-19(28)21(24-20(25)29)8-2-1-3-9-21/h4-7,10-11,26H,1-3,8-9,12-13H2,(H,24,29). The highest BCUT2D eigenvalue weighted by atomic mass is 16.3. The highest BCUT2D eigenvalue weighted by Crippen LogP contribution is 2.33. The SMILES string of the molecule is O=C(CN1C(=O)NC2(CCCCC2)C1=O)c1ccc(-c2nccnc2CO)cc1. The van der Waals surface area contributed by atoms with Crippen molar-refractivity contribution in [3.63, 3.8) is 0 Å². The molecule has 1 aromatic carbocycles. The largest absolute Gasteiger partial charge is 0.390 e. The number of Topliss-reactive ketones (excluding diaryl/α,β-unsaturated/α-hetero) is 1. The molecule has 29 heavy (non-hydrogen) atoms. The number of carbonyl (C=O) groups is 3. The van der Waals surface area contributed by atoms with Gasteiger partial charge in [0.25, 0.3) is 5.91 Å². The number of aliphatic hydroxyl groups is 1. The predicted octanol–water partition coefficient (Wildman–Crippen LogP) is 2.07. The molecule has 0 atom stereocenters. The summed E-state index contributed by atoms with van der Waals surface area (Å²) in [6.07, 6.45) is 7.14. The minimum atomic E-state index is -0.827. The Morgan fingerprint density at radius 1 is 1.07 bits per heavy atom. The summed E-state index contributed by atoms with van der Waals surface area (Å²) >= 11 is 0. The van der Waals surface area contributed by atoms with Crippen LogP contribution in [0.2, 0.25) is 0 Å². The van der Waals surface area contributed by atoms with Gasteiger partial charge in [-0.25, -0.2) is 4.79 Å². The number of carbonyl (C=O) groups excluding carboxylic acids is 3. The highest BCUT2D eigenvalue weighted by molar-refractivity contribution is 6.11. The first-order valence-electron chi connectivity index (χ1n) is 9.72. The van der Waals surface area contributed by atoms with E-state index in [1.54, 1.807) is 24.3 Å². The smallest absolute Gasteiger partial charge is 0.325 e. The third-order valence-corrected chi connectivity index (χ3v) is 5.66. The van der Waals surface area contributed by atoms with Crippen LogP contribution in [0.1, 0.15) is 48.2 Å². The summed E-state index contributed by atoms with van der Waals surface area (Å²) in [5, 5.41) is 12.2. The zero-order chi connectivity index (χ0) is 20.4. The van der Waals surface area contributed by atoms with Gasteiger partial charge < -0.3 is 10.4 Å². The van der Waals surface area contributed by atoms with Crippen molar-refractivity contribution in [1.29, 1.82) is 0 Å². The molecule has 150 valence electrons. The highest BCUT2D eigenvalue weighted by Gasteiger charge is 2.51. The maximum absolute atomic E-state index is 12.8. The van der Waals surface area contributed by atoms with E-state index in [1.165, 1.54) is 12.4 Å². The molecule has 2 aliphatic rings. The summed E-state index contributed by atoms with van der Waals surface area (Å²) in [4.78, 5) is 47.2. The van der Waals surface area contributed by atoms with Crippen molar-refractivity contribution in [3.8, 4) is 11.3 Å². The molecule has 2 fully saturated rings. The Hall–Kier alpha value is -3.13. The number of urea groups is 1. The lowest BCUT2D eigenvalue weighted by atomic mass is 9.82. The number of imide groups is 1. The second-order valence-electron chi connectivity index (χ2n) is 7.47. The van der Waals surface area contributed by atoms with Gasteiger partial charge in [-0.05, 0) is 12.8 Å². The fourth-order valence-corrected chi connectivity index (χ4v) is 4.09. The summed E-state index contributed by atoms with van der Waals surface area (Å²) in [7, 11) is 0. The van der Waals surface area contributed by atoms with Gasteiger partial charge in [-0.15, -0.1) is 0 Å². The number of aliphatic hydroxyl groups excluding tert-OH is 1. The molecule has 2 heterocycles. The van der Waals surface area contributed by atoms with Gasteiger partial charge in [-0.1, -0.05) is 43.5 Å². The Morgan fingerprint density at radius 3 is 2.45 bits per heavy atom. The van der Waals surface area contributed by atoms with Crippen LogP contribution in [0.4, 0.5) is 4.79 Å². The Bertz CT molecular complexity index is 951. The molecule has 1 spiro atoms. The Kier molecular flexibility index (Phi) is 5.10. The van der Waals surface area contributed by atoms with Crippen LogP contribution < -0.4 is 5.32 Å². The maximum Gasteiger partial charge on any atom is 0.325 e. The third kappa shape index (κ3) is 3.51. The molecule has 1 saturated carbocycles. The summed E-state index contributed by atoms with van der Waals surface area (Å²) in [6, 6.07) is 6.19. The van der Waals surface area contributed by atoms with E-state index < -0.39 is 11.6 Å². The van der Waals surface area contributed by atoms with Crippen LogP contribution in [-0.2, 0) is 11.4 Å². The third-order valence-electron chi connectivity index (χ3n) is 5.66. The van der Waals surface area contributed by atoms with Gasteiger partial charge in [0.15, 0.2) is 5.78 Å². The maximum atomic E-state index is 12.8. The van der Waals surface area contributed by atoms with E-state index in [1.807, 2.05) is 0 Å². The second-order valence-corrected chi connectivity index (χ2v) is 7.47. The number of hydrogen-bond acceptors (Lipinski definition) is 6. The molecule has 1 aromatic heterocycles. The number of amides is 3. The first kappa shape index (κ1) is 19.2. The van der Waals surface area contributed by atoms with Crippen molar-refractivity contribution in [1.82, 2.24) is 20.2 Å². The summed E-state index contributed by atoms with van der Waals surface area (Å²) in [5.74, 6) is -0.603. The summed E-state index contributed by atoms with van der Waals surface area (Å²) in [5.41, 5.74) is 1.28. The molecule has 8 nitrogen and oxygen atoms in total. The predicted molar refractivity (Wildman–Crippen MR) is 104 cm³/mol. The van der Waals surface area contributed by atoms with Crippen molar-refractivity contribution in [2.45, 2.75) is 44.2 Å². The lowest BCUT2D eigenvalue weighted by Crippen LogP contribution is -2.48. The van der Waals surface area contributed by atoms with E-state index in [4.69, 9.17) is 0 Å². The van der Waals surface area contributed by atoms with Crippen LogP contribution in [0.3, 0.4) is 0 Å². The van der Waals surface area contributed by atoms with E-state index in [-0.39, 0.29) is 24.8 Å². The van der Waals surface area contributed by atoms with Crippen LogP contribution in [0.15, 0.2) is 36.7 Å². The number of rotatable bonds is 5. The van der Waals surface area contributed by atoms with Crippen molar-refractivity contribution in [2.24, 2.45) is 0 Å². The molecule has 0 radical (unpaired) electrons. The quantitative estimate of drug-likeness (QED) is 0.593. The molecule has 8 heteroatoms. The van der Waals surface area contributed by atoms with Gasteiger partial charge in [-0.3, -0.25) is 24.5 Å². The number of nitrogens with zero attached hydrogens (tertiary/aromatic N) is 3. The number of benzene rings is 1. The van der Waals surface area contributed by atoms with Gasteiger partial charge in [0.05, 0.1) is 24.5 Å². The van der Waals surface area contributed by atoms with Crippen LogP contribution in [-0.4, -0.2) is 49.8 Å². The van der Waals surface area contributed by atoms with Crippen LogP contribution in [0.25, 0.3) is 11.3 Å². The zero-order valence-electron chi connectivity index (χ0n) is 15.9. The molecule has 1 aliphatic heterocycles. The van der Waals surface area contributed by atoms with Crippen LogP contribution in [0, 0.1) is 0 Å². The molecule has 0 unspecified atom stereocenters. The molecule has 3 amide bonds. The number of hydrogen-bond donors (Lipinski definition) is 2. The summed E-state index contributed by atoms with van der Waals surface area (Å²) in [6.45, 7) is -0.517. The van der Waals surface area contributed by atoms with E-state index >= 15 is 0 Å². The van der Waals surface area contributed by atoms with Gasteiger partial charge in [0.2, 0.25) is 0 Å². The number of ketones is 1. The molecular weight excluding hydrogens is 372 g/mol. The van der Waals surface area contributed by atoms with Crippen LogP contribution >= 0.6 is 0 Å². The zero-order valence-corrected chi connectivity index (χ0v) is 15.9.